The summed E-state index contributed by atoms with van der Waals surface area (Å²) in [7, 11) is 3.18. The van der Waals surface area contributed by atoms with Crippen molar-refractivity contribution in [2.24, 2.45) is 5.92 Å². The fourth-order valence-electron chi connectivity index (χ4n) is 2.37. The fourth-order valence-corrected chi connectivity index (χ4v) is 2.37. The van der Waals surface area contributed by atoms with Crippen molar-refractivity contribution in [2.45, 2.75) is 12.8 Å². The van der Waals surface area contributed by atoms with Gasteiger partial charge in [0.25, 0.3) is 5.91 Å². The van der Waals surface area contributed by atoms with Gasteiger partial charge in [-0.15, -0.1) is 0 Å². The van der Waals surface area contributed by atoms with E-state index in [-0.39, 0.29) is 17.7 Å². The van der Waals surface area contributed by atoms with Crippen LogP contribution in [0.3, 0.4) is 0 Å². The van der Waals surface area contributed by atoms with Gasteiger partial charge in [-0.25, -0.2) is 0 Å². The molecular formula is C14H19N3O3. The normalized spacial score (nSPS) is 17.9. The Hall–Kier alpha value is -2.11. The molecule has 2 amide bonds. The van der Waals surface area contributed by atoms with E-state index < -0.39 is 0 Å². The molecule has 1 aromatic rings. The average Bonchev–Trinajstić information content (AvgIpc) is 2.94. The lowest BCUT2D eigenvalue weighted by atomic mass is 10.0. The van der Waals surface area contributed by atoms with Crippen LogP contribution in [0.15, 0.2) is 18.3 Å². The third-order valence-corrected chi connectivity index (χ3v) is 3.51. The molecule has 0 aromatic carbocycles. The summed E-state index contributed by atoms with van der Waals surface area (Å²) in [5.41, 5.74) is 0.380. The molecule has 0 unspecified atom stereocenters. The maximum Gasteiger partial charge on any atom is 0.272 e. The predicted octanol–water partition coefficient (Wildman–Crippen LogP) is 0.688. The largest absolute Gasteiger partial charge is 0.497 e. The molecule has 1 aliphatic rings. The summed E-state index contributed by atoms with van der Waals surface area (Å²) in [6.07, 6.45) is 2.87. The number of ether oxygens (including phenoxy) is 1. The minimum Gasteiger partial charge on any atom is -0.497 e. The highest BCUT2D eigenvalue weighted by Crippen LogP contribution is 2.21. The van der Waals surface area contributed by atoms with Gasteiger partial charge < -0.3 is 15.0 Å². The molecule has 6 nitrogen and oxygen atoms in total. The first kappa shape index (κ1) is 14.3. The Morgan fingerprint density at radius 1 is 1.55 bits per heavy atom. The Morgan fingerprint density at radius 3 is 3.05 bits per heavy atom. The number of hydrogen-bond acceptors (Lipinski definition) is 4. The zero-order valence-electron chi connectivity index (χ0n) is 11.8. The monoisotopic (exact) mass is 277 g/mol. The number of nitrogens with zero attached hydrogens (tertiary/aromatic N) is 2. The van der Waals surface area contributed by atoms with Crippen molar-refractivity contribution in [3.8, 4) is 5.75 Å². The minimum absolute atomic E-state index is 0.0174. The van der Waals surface area contributed by atoms with Crippen LogP contribution in [-0.4, -0.2) is 48.9 Å². The van der Waals surface area contributed by atoms with Crippen LogP contribution in [0.1, 0.15) is 23.3 Å². The second-order valence-corrected chi connectivity index (χ2v) is 4.86. The van der Waals surface area contributed by atoms with E-state index in [0.717, 1.165) is 6.42 Å². The van der Waals surface area contributed by atoms with Gasteiger partial charge >= 0.3 is 0 Å². The van der Waals surface area contributed by atoms with Gasteiger partial charge in [0.2, 0.25) is 5.91 Å². The van der Waals surface area contributed by atoms with E-state index in [1.807, 2.05) is 0 Å². The summed E-state index contributed by atoms with van der Waals surface area (Å²) < 4.78 is 5.09. The first-order valence-corrected chi connectivity index (χ1v) is 6.64. The lowest BCUT2D eigenvalue weighted by molar-refractivity contribution is -0.121. The third kappa shape index (κ3) is 3.26. The second kappa shape index (κ2) is 6.36. The van der Waals surface area contributed by atoms with Crippen molar-refractivity contribution in [3.63, 3.8) is 0 Å². The first-order valence-electron chi connectivity index (χ1n) is 6.64. The van der Waals surface area contributed by atoms with E-state index in [0.29, 0.717) is 31.0 Å². The van der Waals surface area contributed by atoms with Crippen LogP contribution in [0.4, 0.5) is 0 Å². The number of likely N-dealkylation sites (tertiary alicyclic amines) is 1. The average molecular weight is 277 g/mol. The molecule has 1 saturated heterocycles. The Balaban J connectivity index is 1.98. The number of pyridine rings is 1. The van der Waals surface area contributed by atoms with Gasteiger partial charge in [0, 0.05) is 38.8 Å². The van der Waals surface area contributed by atoms with E-state index in [2.05, 4.69) is 10.3 Å². The van der Waals surface area contributed by atoms with Crippen molar-refractivity contribution in [3.05, 3.63) is 24.0 Å². The van der Waals surface area contributed by atoms with E-state index in [9.17, 15) is 9.59 Å². The highest BCUT2D eigenvalue weighted by molar-refractivity contribution is 5.92. The third-order valence-electron chi connectivity index (χ3n) is 3.51. The second-order valence-electron chi connectivity index (χ2n) is 4.86. The molecule has 20 heavy (non-hydrogen) atoms. The van der Waals surface area contributed by atoms with Crippen molar-refractivity contribution in [1.82, 2.24) is 15.2 Å². The summed E-state index contributed by atoms with van der Waals surface area (Å²) in [5, 5.41) is 2.61. The predicted molar refractivity (Wildman–Crippen MR) is 73.5 cm³/mol. The smallest absolute Gasteiger partial charge is 0.272 e. The van der Waals surface area contributed by atoms with Gasteiger partial charge in [-0.1, -0.05) is 0 Å². The fraction of sp³-hybridized carbons (Fsp3) is 0.500. The van der Waals surface area contributed by atoms with Gasteiger partial charge in [0.15, 0.2) is 0 Å². The van der Waals surface area contributed by atoms with E-state index in [1.54, 1.807) is 37.4 Å². The van der Waals surface area contributed by atoms with Crippen molar-refractivity contribution in [1.29, 1.82) is 0 Å². The molecule has 1 atom stereocenters. The Morgan fingerprint density at radius 2 is 2.35 bits per heavy atom. The van der Waals surface area contributed by atoms with Crippen molar-refractivity contribution >= 4 is 11.8 Å². The first-order chi connectivity index (χ1) is 9.63. The van der Waals surface area contributed by atoms with Crippen LogP contribution in [0.25, 0.3) is 0 Å². The molecule has 2 heterocycles. The molecule has 1 aliphatic heterocycles. The van der Waals surface area contributed by atoms with Gasteiger partial charge in [0.05, 0.1) is 7.11 Å². The quantitative estimate of drug-likeness (QED) is 0.879. The lowest BCUT2D eigenvalue weighted by Crippen LogP contribution is -2.30. The minimum atomic E-state index is -0.108. The Bertz CT molecular complexity index is 504. The molecule has 0 spiro atoms. The van der Waals surface area contributed by atoms with E-state index in [1.165, 1.54) is 0 Å². The molecule has 0 aliphatic carbocycles. The van der Waals surface area contributed by atoms with Gasteiger partial charge in [-0.05, 0) is 18.4 Å². The number of carbonyl (C=O) groups excluding carboxylic acids is 2. The van der Waals surface area contributed by atoms with Gasteiger partial charge in [-0.3, -0.25) is 14.6 Å². The van der Waals surface area contributed by atoms with Crippen LogP contribution in [0.2, 0.25) is 0 Å². The molecule has 1 fully saturated rings. The Kier molecular flexibility index (Phi) is 4.55. The van der Waals surface area contributed by atoms with Gasteiger partial charge in [-0.2, -0.15) is 0 Å². The molecule has 1 aromatic heterocycles. The summed E-state index contributed by atoms with van der Waals surface area (Å²) in [6.45, 7) is 1.27. The number of hydrogen-bond donors (Lipinski definition) is 1. The molecule has 1 N–H and O–H groups in total. The highest BCUT2D eigenvalue weighted by atomic mass is 16.5. The topological polar surface area (TPSA) is 71.5 Å². The zero-order valence-corrected chi connectivity index (χ0v) is 11.8. The van der Waals surface area contributed by atoms with Crippen LogP contribution in [0.5, 0.6) is 5.75 Å². The SMILES string of the molecule is CNC(=O)C[C@H]1CCN(C(=O)c2cc(OC)ccn2)C1. The number of amides is 2. The Labute approximate surface area is 118 Å². The van der Waals surface area contributed by atoms with Crippen LogP contribution in [0, 0.1) is 5.92 Å². The lowest BCUT2D eigenvalue weighted by Gasteiger charge is -2.16. The van der Waals surface area contributed by atoms with E-state index in [4.69, 9.17) is 4.74 Å². The summed E-state index contributed by atoms with van der Waals surface area (Å²) in [5.74, 6) is 0.751. The van der Waals surface area contributed by atoms with Crippen molar-refractivity contribution in [2.75, 3.05) is 27.2 Å². The maximum atomic E-state index is 12.3. The van der Waals surface area contributed by atoms with E-state index >= 15 is 0 Å². The molecule has 0 bridgehead atoms. The highest BCUT2D eigenvalue weighted by Gasteiger charge is 2.28. The molecule has 6 heteroatoms. The molecule has 108 valence electrons. The summed E-state index contributed by atoms with van der Waals surface area (Å²) >= 11 is 0. The number of aromatic nitrogens is 1. The van der Waals surface area contributed by atoms with Crippen LogP contribution >= 0.6 is 0 Å². The summed E-state index contributed by atoms with van der Waals surface area (Å²) in [4.78, 5) is 29.5. The maximum absolute atomic E-state index is 12.3. The standard InChI is InChI=1S/C14H19N3O3/c1-15-13(18)7-10-4-6-17(9-10)14(19)12-8-11(20-2)3-5-16-12/h3,5,8,10H,4,6-7,9H2,1-2H3,(H,15,18)/t10-/m1/s1. The van der Waals surface area contributed by atoms with Gasteiger partial charge in [0.1, 0.15) is 11.4 Å². The molecule has 0 radical (unpaired) electrons. The zero-order chi connectivity index (χ0) is 14.5. The van der Waals surface area contributed by atoms with Crippen LogP contribution < -0.4 is 10.1 Å². The number of nitrogens with one attached hydrogen (secondary N) is 1. The molecular weight excluding hydrogens is 258 g/mol. The molecule has 0 saturated carbocycles. The number of carbonyl (C=O) groups is 2. The number of rotatable bonds is 4. The summed E-state index contributed by atoms with van der Waals surface area (Å²) in [6, 6.07) is 3.34. The van der Waals surface area contributed by atoms with Crippen LogP contribution in [-0.2, 0) is 4.79 Å². The van der Waals surface area contributed by atoms with Crippen molar-refractivity contribution < 1.29 is 14.3 Å². The molecule has 2 rings (SSSR count). The number of methoxy groups -OCH3 is 1.